The van der Waals surface area contributed by atoms with Gasteiger partial charge in [-0.15, -0.1) is 10.2 Å². The Hall–Kier alpha value is -1.11. The van der Waals surface area contributed by atoms with Crippen LogP contribution in [0.25, 0.3) is 0 Å². The lowest BCUT2D eigenvalue weighted by molar-refractivity contribution is -0.183. The van der Waals surface area contributed by atoms with Crippen molar-refractivity contribution in [3.8, 4) is 0 Å². The topological polar surface area (TPSA) is 42.7 Å². The Bertz CT molecular complexity index is 402. The van der Waals surface area contributed by atoms with Crippen molar-refractivity contribution in [1.82, 2.24) is 20.1 Å². The van der Waals surface area contributed by atoms with Gasteiger partial charge in [0, 0.05) is 12.6 Å². The zero-order valence-corrected chi connectivity index (χ0v) is 11.0. The second kappa shape index (κ2) is 5.90. The van der Waals surface area contributed by atoms with E-state index in [0.29, 0.717) is 13.0 Å². The molecule has 1 aliphatic carbocycles. The monoisotopic (exact) mass is 276 g/mol. The summed E-state index contributed by atoms with van der Waals surface area (Å²) in [5.41, 5.74) is 0. The van der Waals surface area contributed by atoms with Crippen LogP contribution in [0.1, 0.15) is 38.4 Å². The number of aryl methyl sites for hydroxylation is 1. The van der Waals surface area contributed by atoms with Gasteiger partial charge in [0.05, 0.1) is 12.5 Å². The highest BCUT2D eigenvalue weighted by Crippen LogP contribution is 2.37. The first-order chi connectivity index (χ1) is 9.00. The largest absolute Gasteiger partial charge is 0.391 e. The molecule has 1 N–H and O–H groups in total. The third kappa shape index (κ3) is 3.68. The van der Waals surface area contributed by atoms with Gasteiger partial charge in [-0.2, -0.15) is 13.2 Å². The lowest BCUT2D eigenvalue weighted by atomic mass is 9.85. The molecule has 108 valence electrons. The fraction of sp³-hybridized carbons (Fsp3) is 0.833. The number of aromatic nitrogens is 3. The van der Waals surface area contributed by atoms with Crippen LogP contribution in [0.3, 0.4) is 0 Å². The van der Waals surface area contributed by atoms with Crippen molar-refractivity contribution in [1.29, 1.82) is 0 Å². The molecule has 1 aliphatic rings. The maximum Gasteiger partial charge on any atom is 0.391 e. The number of alkyl halides is 3. The van der Waals surface area contributed by atoms with Crippen LogP contribution < -0.4 is 5.32 Å². The van der Waals surface area contributed by atoms with Crippen LogP contribution in [-0.2, 0) is 13.1 Å². The molecule has 1 aromatic heterocycles. The Morgan fingerprint density at radius 3 is 2.89 bits per heavy atom. The van der Waals surface area contributed by atoms with E-state index >= 15 is 0 Å². The predicted molar refractivity (Wildman–Crippen MR) is 64.3 cm³/mol. The number of nitrogens with zero attached hydrogens (tertiary/aromatic N) is 3. The second-order valence-corrected chi connectivity index (χ2v) is 5.02. The molecule has 1 fully saturated rings. The first-order valence-corrected chi connectivity index (χ1v) is 6.67. The number of hydrogen-bond donors (Lipinski definition) is 1. The summed E-state index contributed by atoms with van der Waals surface area (Å²) in [5.74, 6) is -0.389. The van der Waals surface area contributed by atoms with E-state index in [-0.39, 0.29) is 18.9 Å². The first-order valence-electron chi connectivity index (χ1n) is 6.67. The summed E-state index contributed by atoms with van der Waals surface area (Å²) >= 11 is 0. The highest BCUT2D eigenvalue weighted by atomic mass is 19.4. The molecule has 0 amide bonds. The van der Waals surface area contributed by atoms with Crippen molar-refractivity contribution < 1.29 is 13.2 Å². The maximum atomic E-state index is 12.7. The van der Waals surface area contributed by atoms with E-state index in [4.69, 9.17) is 0 Å². The lowest BCUT2D eigenvalue weighted by Gasteiger charge is -2.31. The molecule has 0 aromatic carbocycles. The van der Waals surface area contributed by atoms with Crippen LogP contribution in [0.15, 0.2) is 6.33 Å². The molecule has 0 spiro atoms. The number of hydrogen-bond acceptors (Lipinski definition) is 3. The van der Waals surface area contributed by atoms with Crippen molar-refractivity contribution >= 4 is 0 Å². The van der Waals surface area contributed by atoms with Gasteiger partial charge in [0.1, 0.15) is 12.2 Å². The maximum absolute atomic E-state index is 12.7. The van der Waals surface area contributed by atoms with Crippen LogP contribution in [0.4, 0.5) is 13.2 Å². The van der Waals surface area contributed by atoms with Crippen molar-refractivity contribution in [3.05, 3.63) is 12.2 Å². The predicted octanol–water partition coefficient (Wildman–Crippen LogP) is 2.51. The van der Waals surface area contributed by atoms with Gasteiger partial charge in [-0.1, -0.05) is 6.42 Å². The Balaban J connectivity index is 1.86. The average molecular weight is 276 g/mol. The highest BCUT2D eigenvalue weighted by Gasteiger charge is 2.42. The third-order valence-corrected chi connectivity index (χ3v) is 3.72. The Morgan fingerprint density at radius 1 is 1.42 bits per heavy atom. The van der Waals surface area contributed by atoms with Gasteiger partial charge in [-0.25, -0.2) is 0 Å². The van der Waals surface area contributed by atoms with E-state index in [1.54, 1.807) is 6.33 Å². The van der Waals surface area contributed by atoms with Gasteiger partial charge >= 0.3 is 6.18 Å². The van der Waals surface area contributed by atoms with Crippen LogP contribution in [-0.4, -0.2) is 27.0 Å². The minimum atomic E-state index is -4.07. The van der Waals surface area contributed by atoms with E-state index in [1.165, 1.54) is 0 Å². The molecule has 1 heterocycles. The van der Waals surface area contributed by atoms with Crippen LogP contribution in [0.5, 0.6) is 0 Å². The Morgan fingerprint density at radius 2 is 2.21 bits per heavy atom. The molecule has 0 bridgehead atoms. The van der Waals surface area contributed by atoms with Crippen molar-refractivity contribution in [2.45, 2.75) is 57.9 Å². The molecule has 0 aliphatic heterocycles. The van der Waals surface area contributed by atoms with Crippen LogP contribution >= 0.6 is 0 Å². The minimum Gasteiger partial charge on any atom is -0.317 e. The Labute approximate surface area is 110 Å². The van der Waals surface area contributed by atoms with Gasteiger partial charge in [0.15, 0.2) is 0 Å². The lowest BCUT2D eigenvalue weighted by Crippen LogP contribution is -2.38. The molecule has 7 heteroatoms. The summed E-state index contributed by atoms with van der Waals surface area (Å²) in [6.45, 7) is 3.22. The molecular formula is C12H19F3N4. The summed E-state index contributed by atoms with van der Waals surface area (Å²) in [5, 5.41) is 10.9. The van der Waals surface area contributed by atoms with E-state index in [2.05, 4.69) is 15.5 Å². The van der Waals surface area contributed by atoms with Crippen LogP contribution in [0, 0.1) is 5.92 Å². The highest BCUT2D eigenvalue weighted by molar-refractivity contribution is 4.88. The van der Waals surface area contributed by atoms with E-state index < -0.39 is 12.1 Å². The molecule has 19 heavy (non-hydrogen) atoms. The van der Waals surface area contributed by atoms with Gasteiger partial charge < -0.3 is 9.88 Å². The number of nitrogens with one attached hydrogen (secondary N) is 1. The smallest absolute Gasteiger partial charge is 0.317 e. The van der Waals surface area contributed by atoms with Gasteiger partial charge in [0.2, 0.25) is 0 Å². The van der Waals surface area contributed by atoms with Gasteiger partial charge in [0.25, 0.3) is 0 Å². The van der Waals surface area contributed by atoms with E-state index in [9.17, 15) is 13.2 Å². The SMILES string of the molecule is CCn1cnnc1CNC1CCCC(C(F)(F)F)C1. The molecule has 0 saturated heterocycles. The van der Waals surface area contributed by atoms with E-state index in [1.807, 2.05) is 11.5 Å². The van der Waals surface area contributed by atoms with Gasteiger partial charge in [-0.05, 0) is 26.2 Å². The normalized spacial score (nSPS) is 24.6. The number of rotatable bonds is 4. The number of halogens is 3. The molecule has 4 nitrogen and oxygen atoms in total. The summed E-state index contributed by atoms with van der Waals surface area (Å²) in [6.07, 6.45) is -0.577. The van der Waals surface area contributed by atoms with Crippen molar-refractivity contribution in [3.63, 3.8) is 0 Å². The summed E-state index contributed by atoms with van der Waals surface area (Å²) in [7, 11) is 0. The summed E-state index contributed by atoms with van der Waals surface area (Å²) in [4.78, 5) is 0. The first kappa shape index (κ1) is 14.3. The fourth-order valence-corrected chi connectivity index (χ4v) is 2.59. The van der Waals surface area contributed by atoms with E-state index in [0.717, 1.165) is 18.8 Å². The molecule has 0 radical (unpaired) electrons. The summed E-state index contributed by atoms with van der Waals surface area (Å²) in [6, 6.07) is -0.0811. The molecule has 2 atom stereocenters. The van der Waals surface area contributed by atoms with Crippen molar-refractivity contribution in [2.24, 2.45) is 5.92 Å². The zero-order chi connectivity index (χ0) is 13.9. The summed E-state index contributed by atoms with van der Waals surface area (Å²) < 4.78 is 40.0. The standard InChI is InChI=1S/C12H19F3N4/c1-2-19-8-17-18-11(19)7-16-10-5-3-4-9(6-10)12(13,14)15/h8-10,16H,2-7H2,1H3. The van der Waals surface area contributed by atoms with Crippen molar-refractivity contribution in [2.75, 3.05) is 0 Å². The van der Waals surface area contributed by atoms with Gasteiger partial charge in [-0.3, -0.25) is 0 Å². The molecule has 2 unspecified atom stereocenters. The quantitative estimate of drug-likeness (QED) is 0.919. The third-order valence-electron chi connectivity index (χ3n) is 3.72. The Kier molecular flexibility index (Phi) is 4.44. The molecular weight excluding hydrogens is 257 g/mol. The minimum absolute atomic E-state index is 0.0811. The molecule has 1 saturated carbocycles. The molecule has 2 rings (SSSR count). The molecule has 1 aromatic rings. The fourth-order valence-electron chi connectivity index (χ4n) is 2.59. The average Bonchev–Trinajstić information content (AvgIpc) is 2.83. The zero-order valence-electron chi connectivity index (χ0n) is 11.0. The van der Waals surface area contributed by atoms with Crippen LogP contribution in [0.2, 0.25) is 0 Å². The second-order valence-electron chi connectivity index (χ2n) is 5.02.